The fourth-order valence-corrected chi connectivity index (χ4v) is 3.38. The lowest BCUT2D eigenvalue weighted by atomic mass is 10.2. The standard InChI is InChI=1S/C22H14ClIN2O3/c23-19-20(25-15-8-6-14(24)7-9-15)22(28)26(21(19)27)16-10-12-18(13-11-16)29-17-4-2-1-3-5-17/h1-13,25H. The molecule has 0 fully saturated rings. The molecular formula is C22H14ClIN2O3. The summed E-state index contributed by atoms with van der Waals surface area (Å²) in [6.45, 7) is 0. The van der Waals surface area contributed by atoms with Gasteiger partial charge >= 0.3 is 0 Å². The van der Waals surface area contributed by atoms with Crippen molar-refractivity contribution >= 4 is 57.4 Å². The maximum atomic E-state index is 12.8. The van der Waals surface area contributed by atoms with Gasteiger partial charge in [-0.2, -0.15) is 0 Å². The van der Waals surface area contributed by atoms with Gasteiger partial charge in [0.15, 0.2) is 0 Å². The van der Waals surface area contributed by atoms with Crippen molar-refractivity contribution in [3.63, 3.8) is 0 Å². The highest BCUT2D eigenvalue weighted by molar-refractivity contribution is 14.1. The smallest absolute Gasteiger partial charge is 0.283 e. The van der Waals surface area contributed by atoms with Crippen molar-refractivity contribution in [3.8, 4) is 11.5 Å². The summed E-state index contributed by atoms with van der Waals surface area (Å²) >= 11 is 8.35. The monoisotopic (exact) mass is 516 g/mol. The van der Waals surface area contributed by atoms with Gasteiger partial charge in [0, 0.05) is 9.26 Å². The van der Waals surface area contributed by atoms with Crippen LogP contribution in [0.2, 0.25) is 0 Å². The zero-order valence-corrected chi connectivity index (χ0v) is 17.8. The lowest BCUT2D eigenvalue weighted by molar-refractivity contribution is -0.120. The van der Waals surface area contributed by atoms with E-state index in [0.717, 1.165) is 8.47 Å². The quantitative estimate of drug-likeness (QED) is 0.358. The van der Waals surface area contributed by atoms with Gasteiger partial charge in [-0.1, -0.05) is 29.8 Å². The summed E-state index contributed by atoms with van der Waals surface area (Å²) in [4.78, 5) is 26.5. The number of carbonyl (C=O) groups excluding carboxylic acids is 2. The highest BCUT2D eigenvalue weighted by Crippen LogP contribution is 2.32. The third-order valence-corrected chi connectivity index (χ3v) is 5.28. The molecule has 1 aliphatic rings. The Kier molecular flexibility index (Phi) is 5.55. The summed E-state index contributed by atoms with van der Waals surface area (Å²) in [6, 6.07) is 23.4. The highest BCUT2D eigenvalue weighted by Gasteiger charge is 2.38. The molecule has 0 unspecified atom stereocenters. The van der Waals surface area contributed by atoms with E-state index < -0.39 is 11.8 Å². The first-order valence-corrected chi connectivity index (χ1v) is 10.1. The van der Waals surface area contributed by atoms with Gasteiger partial charge in [-0.05, 0) is 83.3 Å². The number of carbonyl (C=O) groups is 2. The number of ether oxygens (including phenoxy) is 1. The number of halogens is 2. The number of anilines is 2. The molecule has 0 bridgehead atoms. The molecule has 5 nitrogen and oxygen atoms in total. The first kappa shape index (κ1) is 19.5. The summed E-state index contributed by atoms with van der Waals surface area (Å²) in [5.74, 6) is 0.217. The van der Waals surface area contributed by atoms with Crippen molar-refractivity contribution in [1.29, 1.82) is 0 Å². The predicted molar refractivity (Wildman–Crippen MR) is 121 cm³/mol. The number of benzene rings is 3. The number of imide groups is 1. The molecule has 7 heteroatoms. The maximum absolute atomic E-state index is 12.8. The molecule has 4 rings (SSSR count). The molecule has 0 atom stereocenters. The Morgan fingerprint density at radius 3 is 2.07 bits per heavy atom. The molecule has 144 valence electrons. The molecule has 0 aromatic heterocycles. The fourth-order valence-electron chi connectivity index (χ4n) is 2.81. The minimum absolute atomic E-state index is 0.0579. The zero-order chi connectivity index (χ0) is 20.4. The van der Waals surface area contributed by atoms with Crippen molar-refractivity contribution in [1.82, 2.24) is 0 Å². The van der Waals surface area contributed by atoms with Crippen LogP contribution >= 0.6 is 34.2 Å². The van der Waals surface area contributed by atoms with Crippen LogP contribution in [0.25, 0.3) is 0 Å². The topological polar surface area (TPSA) is 58.6 Å². The molecule has 3 aromatic rings. The molecule has 1 heterocycles. The Balaban J connectivity index is 1.52. The van der Waals surface area contributed by atoms with E-state index >= 15 is 0 Å². The average Bonchev–Trinajstić information content (AvgIpc) is 2.94. The molecule has 2 amide bonds. The Bertz CT molecular complexity index is 1100. The van der Waals surface area contributed by atoms with Gasteiger partial charge in [-0.15, -0.1) is 0 Å². The molecule has 0 spiro atoms. The number of nitrogens with zero attached hydrogens (tertiary/aromatic N) is 1. The van der Waals surface area contributed by atoms with E-state index in [1.54, 1.807) is 24.3 Å². The Morgan fingerprint density at radius 2 is 1.41 bits per heavy atom. The van der Waals surface area contributed by atoms with Crippen LogP contribution in [0.4, 0.5) is 11.4 Å². The van der Waals surface area contributed by atoms with Gasteiger partial charge in [0.2, 0.25) is 0 Å². The predicted octanol–water partition coefficient (Wildman–Crippen LogP) is 5.52. The van der Waals surface area contributed by atoms with Crippen LogP contribution in [-0.4, -0.2) is 11.8 Å². The van der Waals surface area contributed by atoms with E-state index in [1.807, 2.05) is 54.6 Å². The van der Waals surface area contributed by atoms with Crippen LogP contribution in [0.5, 0.6) is 11.5 Å². The Labute approximate surface area is 186 Å². The summed E-state index contributed by atoms with van der Waals surface area (Å²) < 4.78 is 6.80. The van der Waals surface area contributed by atoms with E-state index in [-0.39, 0.29) is 10.7 Å². The number of para-hydroxylation sites is 1. The van der Waals surface area contributed by atoms with Gasteiger partial charge in [0.1, 0.15) is 22.2 Å². The van der Waals surface area contributed by atoms with Crippen LogP contribution in [0, 0.1) is 3.57 Å². The SMILES string of the molecule is O=C1C(Cl)=C(Nc2ccc(I)cc2)C(=O)N1c1ccc(Oc2ccccc2)cc1. The Morgan fingerprint density at radius 1 is 0.793 bits per heavy atom. The maximum Gasteiger partial charge on any atom is 0.283 e. The minimum atomic E-state index is -0.568. The van der Waals surface area contributed by atoms with E-state index in [0.29, 0.717) is 22.9 Å². The lowest BCUT2D eigenvalue weighted by Crippen LogP contribution is -2.32. The number of nitrogens with one attached hydrogen (secondary N) is 1. The molecule has 1 aliphatic heterocycles. The van der Waals surface area contributed by atoms with Gasteiger partial charge in [-0.25, -0.2) is 4.90 Å². The molecule has 0 saturated heterocycles. The van der Waals surface area contributed by atoms with E-state index in [2.05, 4.69) is 27.9 Å². The molecule has 0 radical (unpaired) electrons. The number of hydrogen-bond donors (Lipinski definition) is 1. The van der Waals surface area contributed by atoms with Crippen molar-refractivity contribution < 1.29 is 14.3 Å². The minimum Gasteiger partial charge on any atom is -0.457 e. The second kappa shape index (κ2) is 8.26. The first-order chi connectivity index (χ1) is 14.0. The third kappa shape index (κ3) is 4.13. The molecule has 0 saturated carbocycles. The van der Waals surface area contributed by atoms with E-state index in [4.69, 9.17) is 16.3 Å². The molecule has 1 N–H and O–H groups in total. The summed E-state index contributed by atoms with van der Waals surface area (Å²) in [7, 11) is 0. The van der Waals surface area contributed by atoms with Gasteiger partial charge in [0.25, 0.3) is 11.8 Å². The highest BCUT2D eigenvalue weighted by atomic mass is 127. The fraction of sp³-hybridized carbons (Fsp3) is 0. The van der Waals surface area contributed by atoms with Crippen LogP contribution in [-0.2, 0) is 9.59 Å². The molecule has 0 aliphatic carbocycles. The lowest BCUT2D eigenvalue weighted by Gasteiger charge is -2.16. The van der Waals surface area contributed by atoms with Crippen LogP contribution < -0.4 is 15.0 Å². The Hall–Kier alpha value is -2.84. The summed E-state index contributed by atoms with van der Waals surface area (Å²) in [5, 5.41) is 2.81. The summed E-state index contributed by atoms with van der Waals surface area (Å²) in [6.07, 6.45) is 0. The van der Waals surface area contributed by atoms with Crippen molar-refractivity contribution in [2.75, 3.05) is 10.2 Å². The van der Waals surface area contributed by atoms with Crippen LogP contribution in [0.3, 0.4) is 0 Å². The average molecular weight is 517 g/mol. The van der Waals surface area contributed by atoms with Gasteiger partial charge in [-0.3, -0.25) is 9.59 Å². The normalized spacial score (nSPS) is 13.8. The zero-order valence-electron chi connectivity index (χ0n) is 14.9. The number of amides is 2. The first-order valence-electron chi connectivity index (χ1n) is 8.67. The van der Waals surface area contributed by atoms with Crippen molar-refractivity contribution in [2.45, 2.75) is 0 Å². The van der Waals surface area contributed by atoms with Crippen molar-refractivity contribution in [2.24, 2.45) is 0 Å². The summed E-state index contributed by atoms with van der Waals surface area (Å²) in [5.41, 5.74) is 1.15. The van der Waals surface area contributed by atoms with Gasteiger partial charge in [0.05, 0.1) is 5.69 Å². The largest absolute Gasteiger partial charge is 0.457 e. The van der Waals surface area contributed by atoms with Crippen LogP contribution in [0.15, 0.2) is 89.6 Å². The second-order valence-corrected chi connectivity index (χ2v) is 7.80. The molecular weight excluding hydrogens is 503 g/mol. The van der Waals surface area contributed by atoms with E-state index in [9.17, 15) is 9.59 Å². The number of hydrogen-bond acceptors (Lipinski definition) is 4. The van der Waals surface area contributed by atoms with E-state index in [1.165, 1.54) is 0 Å². The third-order valence-electron chi connectivity index (χ3n) is 4.21. The van der Waals surface area contributed by atoms with Crippen molar-refractivity contribution in [3.05, 3.63) is 93.2 Å². The number of rotatable bonds is 5. The molecule has 3 aromatic carbocycles. The van der Waals surface area contributed by atoms with Gasteiger partial charge < -0.3 is 10.1 Å². The van der Waals surface area contributed by atoms with Crippen LogP contribution in [0.1, 0.15) is 0 Å². The molecule has 29 heavy (non-hydrogen) atoms. The second-order valence-electron chi connectivity index (χ2n) is 6.18.